The Morgan fingerprint density at radius 1 is 1.08 bits per heavy atom. The quantitative estimate of drug-likeness (QED) is 0.354. The molecule has 6 heteroatoms. The van der Waals surface area contributed by atoms with E-state index in [1.54, 1.807) is 30.3 Å². The van der Waals surface area contributed by atoms with Crippen molar-refractivity contribution in [1.29, 1.82) is 0 Å². The number of carbonyl (C=O) groups is 1. The van der Waals surface area contributed by atoms with E-state index in [-0.39, 0.29) is 12.8 Å². The Bertz CT molecular complexity index is 709. The topological polar surface area (TPSA) is 26.3 Å². The Labute approximate surface area is 149 Å². The van der Waals surface area contributed by atoms with Crippen LogP contribution in [-0.4, -0.2) is 18.2 Å². The van der Waals surface area contributed by atoms with E-state index in [1.807, 2.05) is 0 Å². The van der Waals surface area contributed by atoms with Gasteiger partial charge in [-0.3, -0.25) is 0 Å². The molecule has 0 saturated heterocycles. The van der Waals surface area contributed by atoms with Crippen molar-refractivity contribution in [3.63, 3.8) is 0 Å². The first-order chi connectivity index (χ1) is 12.4. The summed E-state index contributed by atoms with van der Waals surface area (Å²) in [7, 11) is 0. The van der Waals surface area contributed by atoms with E-state index in [4.69, 9.17) is 4.74 Å². The van der Waals surface area contributed by atoms with Gasteiger partial charge in [0.15, 0.2) is 17.5 Å². The maximum absolute atomic E-state index is 13.4. The zero-order valence-corrected chi connectivity index (χ0v) is 14.4. The number of hydrogen-bond acceptors (Lipinski definition) is 2. The first-order valence-electron chi connectivity index (χ1n) is 8.40. The highest BCUT2D eigenvalue weighted by Gasteiger charge is 2.19. The number of esters is 1. The summed E-state index contributed by atoms with van der Waals surface area (Å²) in [6, 6.07) is 10.2. The van der Waals surface area contributed by atoms with Gasteiger partial charge in [0, 0.05) is 6.42 Å². The lowest BCUT2D eigenvalue weighted by atomic mass is 10.0. The lowest BCUT2D eigenvalue weighted by Crippen LogP contribution is -2.21. The minimum absolute atomic E-state index is 0.0325. The molecule has 0 heterocycles. The number of aryl methyl sites for hydroxylation is 1. The number of alkyl halides is 1. The molecule has 2 nitrogen and oxygen atoms in total. The molecule has 0 amide bonds. The molecule has 2 rings (SSSR count). The van der Waals surface area contributed by atoms with Gasteiger partial charge in [-0.2, -0.15) is 0 Å². The highest BCUT2D eigenvalue weighted by molar-refractivity contribution is 5.89. The van der Waals surface area contributed by atoms with E-state index in [1.165, 1.54) is 6.92 Å². The highest BCUT2D eigenvalue weighted by Crippen LogP contribution is 2.19. The molecule has 0 N–H and O–H groups in total. The maximum atomic E-state index is 13.4. The SMILES string of the molecule is CC(F)CC(CCCc1cc(F)c(F)c(F)c1)OC(=O)c1ccccc1. The molecule has 2 atom stereocenters. The van der Waals surface area contributed by atoms with Crippen LogP contribution in [0.4, 0.5) is 17.6 Å². The van der Waals surface area contributed by atoms with Crippen LogP contribution in [0.3, 0.4) is 0 Å². The lowest BCUT2D eigenvalue weighted by molar-refractivity contribution is 0.0204. The van der Waals surface area contributed by atoms with E-state index in [9.17, 15) is 22.4 Å². The second-order valence-electron chi connectivity index (χ2n) is 6.18. The van der Waals surface area contributed by atoms with Gasteiger partial charge in [0.2, 0.25) is 0 Å². The fourth-order valence-electron chi connectivity index (χ4n) is 2.67. The molecule has 2 aromatic rings. The molecule has 0 aliphatic rings. The second-order valence-corrected chi connectivity index (χ2v) is 6.18. The van der Waals surface area contributed by atoms with Crippen LogP contribution in [0.2, 0.25) is 0 Å². The van der Waals surface area contributed by atoms with Gasteiger partial charge in [0.1, 0.15) is 12.3 Å². The van der Waals surface area contributed by atoms with E-state index in [0.29, 0.717) is 24.0 Å². The van der Waals surface area contributed by atoms with Crippen molar-refractivity contribution in [3.05, 3.63) is 71.0 Å². The van der Waals surface area contributed by atoms with Crippen molar-refractivity contribution in [2.75, 3.05) is 0 Å². The molecule has 0 aliphatic heterocycles. The van der Waals surface area contributed by atoms with E-state index in [2.05, 4.69) is 0 Å². The van der Waals surface area contributed by atoms with Gasteiger partial charge in [-0.15, -0.1) is 0 Å². The van der Waals surface area contributed by atoms with E-state index < -0.39 is 35.7 Å². The highest BCUT2D eigenvalue weighted by atomic mass is 19.2. The lowest BCUT2D eigenvalue weighted by Gasteiger charge is -2.18. The predicted molar refractivity (Wildman–Crippen MR) is 90.1 cm³/mol. The Hall–Kier alpha value is -2.37. The summed E-state index contributed by atoms with van der Waals surface area (Å²) >= 11 is 0. The number of ether oxygens (including phenoxy) is 1. The fourth-order valence-corrected chi connectivity index (χ4v) is 2.67. The van der Waals surface area contributed by atoms with Crippen molar-refractivity contribution in [2.24, 2.45) is 0 Å². The average Bonchev–Trinajstić information content (AvgIpc) is 2.59. The summed E-state index contributed by atoms with van der Waals surface area (Å²) in [5.41, 5.74) is 0.662. The Morgan fingerprint density at radius 3 is 2.27 bits per heavy atom. The third-order valence-corrected chi connectivity index (χ3v) is 3.91. The molecule has 0 spiro atoms. The molecule has 140 valence electrons. The first-order valence-corrected chi connectivity index (χ1v) is 8.40. The first kappa shape index (κ1) is 19.9. The van der Waals surface area contributed by atoms with Gasteiger partial charge in [0.05, 0.1) is 5.56 Å². The van der Waals surface area contributed by atoms with Crippen LogP contribution in [0.1, 0.15) is 42.1 Å². The Kier molecular flexibility index (Phi) is 7.18. The Morgan fingerprint density at radius 2 is 1.69 bits per heavy atom. The summed E-state index contributed by atoms with van der Waals surface area (Å²) in [4.78, 5) is 12.1. The molecule has 0 fully saturated rings. The normalized spacial score (nSPS) is 13.3. The van der Waals surface area contributed by atoms with Gasteiger partial charge in [-0.1, -0.05) is 18.2 Å². The summed E-state index contributed by atoms with van der Waals surface area (Å²) in [5.74, 6) is -4.54. The maximum Gasteiger partial charge on any atom is 0.338 e. The molecule has 0 radical (unpaired) electrons. The standard InChI is InChI=1S/C20H20F4O2/c1-13(21)10-16(26-20(25)15-7-3-2-4-8-15)9-5-6-14-11-17(22)19(24)18(23)12-14/h2-4,7-8,11-13,16H,5-6,9-10H2,1H3. The molecule has 0 saturated carbocycles. The largest absolute Gasteiger partial charge is 0.459 e. The number of carbonyl (C=O) groups excluding carboxylic acids is 1. The number of rotatable bonds is 8. The number of hydrogen-bond donors (Lipinski definition) is 0. The summed E-state index contributed by atoms with van der Waals surface area (Å²) in [6.45, 7) is 1.37. The monoisotopic (exact) mass is 368 g/mol. The van der Waals surface area contributed by atoms with Crippen molar-refractivity contribution >= 4 is 5.97 Å². The van der Waals surface area contributed by atoms with Crippen LogP contribution in [0.15, 0.2) is 42.5 Å². The van der Waals surface area contributed by atoms with Crippen LogP contribution in [0, 0.1) is 17.5 Å². The molecular formula is C20H20F4O2. The van der Waals surface area contributed by atoms with E-state index >= 15 is 0 Å². The zero-order chi connectivity index (χ0) is 19.1. The van der Waals surface area contributed by atoms with Crippen molar-refractivity contribution in [3.8, 4) is 0 Å². The van der Waals surface area contributed by atoms with Gasteiger partial charge in [0.25, 0.3) is 0 Å². The predicted octanol–water partition coefficient (Wildman–Crippen LogP) is 5.40. The molecule has 2 aromatic carbocycles. The van der Waals surface area contributed by atoms with Gasteiger partial charge in [-0.25, -0.2) is 22.4 Å². The van der Waals surface area contributed by atoms with Gasteiger partial charge >= 0.3 is 5.97 Å². The zero-order valence-electron chi connectivity index (χ0n) is 14.4. The third kappa shape index (κ3) is 5.86. The average molecular weight is 368 g/mol. The van der Waals surface area contributed by atoms with Crippen LogP contribution in [-0.2, 0) is 11.2 Å². The fraction of sp³-hybridized carbons (Fsp3) is 0.350. The molecular weight excluding hydrogens is 348 g/mol. The second kappa shape index (κ2) is 9.36. The van der Waals surface area contributed by atoms with Crippen LogP contribution < -0.4 is 0 Å². The smallest absolute Gasteiger partial charge is 0.338 e. The molecule has 26 heavy (non-hydrogen) atoms. The van der Waals surface area contributed by atoms with Crippen molar-refractivity contribution in [2.45, 2.75) is 44.9 Å². The van der Waals surface area contributed by atoms with Crippen LogP contribution in [0.25, 0.3) is 0 Å². The van der Waals surface area contributed by atoms with Crippen molar-refractivity contribution < 1.29 is 27.1 Å². The van der Waals surface area contributed by atoms with Gasteiger partial charge < -0.3 is 4.74 Å². The van der Waals surface area contributed by atoms with Crippen molar-refractivity contribution in [1.82, 2.24) is 0 Å². The van der Waals surface area contributed by atoms with Gasteiger partial charge in [-0.05, 0) is 56.0 Å². The minimum atomic E-state index is -1.50. The Balaban J connectivity index is 1.94. The molecule has 0 aromatic heterocycles. The molecule has 2 unspecified atom stereocenters. The number of benzene rings is 2. The number of halogens is 4. The minimum Gasteiger partial charge on any atom is -0.459 e. The van der Waals surface area contributed by atoms with Crippen LogP contribution >= 0.6 is 0 Å². The third-order valence-electron chi connectivity index (χ3n) is 3.91. The summed E-state index contributed by atoms with van der Waals surface area (Å²) in [5, 5.41) is 0. The van der Waals surface area contributed by atoms with E-state index in [0.717, 1.165) is 12.1 Å². The molecule has 0 bridgehead atoms. The van der Waals surface area contributed by atoms with Crippen LogP contribution in [0.5, 0.6) is 0 Å². The summed E-state index contributed by atoms with van der Waals surface area (Å²) in [6.07, 6.45) is -0.793. The summed E-state index contributed by atoms with van der Waals surface area (Å²) < 4.78 is 58.1. The molecule has 0 aliphatic carbocycles.